The molecule has 3 aromatic rings. The highest BCUT2D eigenvalue weighted by Crippen LogP contribution is 2.24. The third kappa shape index (κ3) is 3.23. The summed E-state index contributed by atoms with van der Waals surface area (Å²) in [4.78, 5) is 22.6. The predicted molar refractivity (Wildman–Crippen MR) is 84.7 cm³/mol. The number of amides is 1. The van der Waals surface area contributed by atoms with Crippen LogP contribution in [-0.4, -0.2) is 34.4 Å². The fraction of sp³-hybridized carbons (Fsp3) is 0.188. The molecule has 5 nitrogen and oxygen atoms in total. The number of thiazole rings is 1. The quantitative estimate of drug-likeness (QED) is 0.726. The van der Waals surface area contributed by atoms with Crippen molar-refractivity contribution in [2.45, 2.75) is 6.42 Å². The van der Waals surface area contributed by atoms with Crippen LogP contribution in [-0.2, 0) is 6.42 Å². The van der Waals surface area contributed by atoms with Crippen molar-refractivity contribution < 1.29 is 9.21 Å². The molecule has 3 aromatic heterocycles. The summed E-state index contributed by atoms with van der Waals surface area (Å²) in [7, 11) is 1.77. The van der Waals surface area contributed by atoms with Gasteiger partial charge in [-0.2, -0.15) is 0 Å². The third-order valence-electron chi connectivity index (χ3n) is 3.23. The van der Waals surface area contributed by atoms with E-state index in [4.69, 9.17) is 4.42 Å². The number of carbonyl (C=O) groups is 1. The fourth-order valence-corrected chi connectivity index (χ4v) is 2.77. The van der Waals surface area contributed by atoms with Gasteiger partial charge in [0, 0.05) is 37.3 Å². The van der Waals surface area contributed by atoms with Crippen molar-refractivity contribution >= 4 is 17.2 Å². The minimum absolute atomic E-state index is 0.0926. The number of aromatic nitrogens is 2. The lowest BCUT2D eigenvalue weighted by Crippen LogP contribution is -2.29. The second-order valence-corrected chi connectivity index (χ2v) is 5.67. The molecule has 1 amide bonds. The van der Waals surface area contributed by atoms with E-state index in [1.165, 1.54) is 11.3 Å². The molecule has 0 saturated carbocycles. The minimum Gasteiger partial charge on any atom is -0.462 e. The molecule has 0 bridgehead atoms. The van der Waals surface area contributed by atoms with Gasteiger partial charge in [-0.3, -0.25) is 9.78 Å². The maximum absolute atomic E-state index is 12.4. The Bertz CT molecular complexity index is 738. The van der Waals surface area contributed by atoms with Gasteiger partial charge in [-0.05, 0) is 24.3 Å². The molecule has 3 heterocycles. The van der Waals surface area contributed by atoms with E-state index >= 15 is 0 Å². The molecule has 0 radical (unpaired) electrons. The molecule has 0 aromatic carbocycles. The summed E-state index contributed by atoms with van der Waals surface area (Å²) in [6, 6.07) is 9.41. The first-order valence-corrected chi connectivity index (χ1v) is 7.77. The number of furan rings is 1. The molecule has 0 saturated heterocycles. The van der Waals surface area contributed by atoms with Crippen molar-refractivity contribution in [3.63, 3.8) is 0 Å². The van der Waals surface area contributed by atoms with Crippen LogP contribution < -0.4 is 0 Å². The Kier molecular flexibility index (Phi) is 4.29. The molecule has 0 N–H and O–H groups in total. The van der Waals surface area contributed by atoms with Gasteiger partial charge in [0.1, 0.15) is 5.69 Å². The minimum atomic E-state index is -0.0926. The van der Waals surface area contributed by atoms with Gasteiger partial charge in [-0.15, -0.1) is 11.3 Å². The van der Waals surface area contributed by atoms with Crippen molar-refractivity contribution in [3.05, 3.63) is 59.6 Å². The van der Waals surface area contributed by atoms with Crippen molar-refractivity contribution in [1.29, 1.82) is 0 Å². The summed E-state index contributed by atoms with van der Waals surface area (Å²) >= 11 is 1.40. The summed E-state index contributed by atoms with van der Waals surface area (Å²) < 4.78 is 5.29. The molecule has 0 fully saturated rings. The number of pyridine rings is 1. The molecule has 112 valence electrons. The highest BCUT2D eigenvalue weighted by Gasteiger charge is 2.17. The zero-order valence-electron chi connectivity index (χ0n) is 12.1. The Balaban J connectivity index is 1.63. The second kappa shape index (κ2) is 6.53. The average molecular weight is 313 g/mol. The van der Waals surface area contributed by atoms with Gasteiger partial charge in [0.2, 0.25) is 0 Å². The predicted octanol–water partition coefficient (Wildman–Crippen LogP) is 3.11. The van der Waals surface area contributed by atoms with Crippen LogP contribution in [0.1, 0.15) is 16.2 Å². The standard InChI is InChI=1S/C16H15N3O2S/c1-19(9-7-12-5-2-3-8-17-12)16(20)13-11-22-15(18-13)14-6-4-10-21-14/h2-6,8,10-11H,7,9H2,1H3. The van der Waals surface area contributed by atoms with E-state index in [0.717, 1.165) is 12.1 Å². The van der Waals surface area contributed by atoms with Gasteiger partial charge >= 0.3 is 0 Å². The average Bonchev–Trinajstić information content (AvgIpc) is 3.23. The molecule has 6 heteroatoms. The summed E-state index contributed by atoms with van der Waals surface area (Å²) in [5.74, 6) is 0.588. The Labute approximate surface area is 132 Å². The van der Waals surface area contributed by atoms with Crippen molar-refractivity contribution in [2.24, 2.45) is 0 Å². The molecule has 0 unspecified atom stereocenters. The molecule has 0 aliphatic heterocycles. The number of rotatable bonds is 5. The zero-order chi connectivity index (χ0) is 15.4. The van der Waals surface area contributed by atoms with Crippen LogP contribution in [0.4, 0.5) is 0 Å². The van der Waals surface area contributed by atoms with Crippen LogP contribution in [0, 0.1) is 0 Å². The Morgan fingerprint density at radius 2 is 2.23 bits per heavy atom. The lowest BCUT2D eigenvalue weighted by Gasteiger charge is -2.15. The molecule has 22 heavy (non-hydrogen) atoms. The maximum atomic E-state index is 12.4. The van der Waals surface area contributed by atoms with Gasteiger partial charge in [-0.25, -0.2) is 4.98 Å². The molecule has 3 rings (SSSR count). The van der Waals surface area contributed by atoms with E-state index in [9.17, 15) is 4.79 Å². The van der Waals surface area contributed by atoms with Crippen molar-refractivity contribution in [1.82, 2.24) is 14.9 Å². The molecule has 0 spiro atoms. The molecule has 0 atom stereocenters. The largest absolute Gasteiger partial charge is 0.462 e. The molecular weight excluding hydrogens is 298 g/mol. The first kappa shape index (κ1) is 14.5. The smallest absolute Gasteiger partial charge is 0.273 e. The van der Waals surface area contributed by atoms with Crippen molar-refractivity contribution in [3.8, 4) is 10.8 Å². The third-order valence-corrected chi connectivity index (χ3v) is 4.09. The van der Waals surface area contributed by atoms with Crippen molar-refractivity contribution in [2.75, 3.05) is 13.6 Å². The number of nitrogens with zero attached hydrogens (tertiary/aromatic N) is 3. The topological polar surface area (TPSA) is 59.2 Å². The summed E-state index contributed by atoms with van der Waals surface area (Å²) in [6.07, 6.45) is 4.07. The monoisotopic (exact) mass is 313 g/mol. The van der Waals surface area contributed by atoms with Crippen LogP contribution >= 0.6 is 11.3 Å². The van der Waals surface area contributed by atoms with Crippen LogP contribution in [0.2, 0.25) is 0 Å². The summed E-state index contributed by atoms with van der Waals surface area (Å²) in [6.45, 7) is 0.601. The second-order valence-electron chi connectivity index (χ2n) is 4.81. The molecule has 0 aliphatic rings. The first-order chi connectivity index (χ1) is 10.7. The van der Waals surface area contributed by atoms with Gasteiger partial charge in [0.25, 0.3) is 5.91 Å². The van der Waals surface area contributed by atoms with Crippen LogP contribution in [0.5, 0.6) is 0 Å². The molecule has 0 aliphatic carbocycles. The summed E-state index contributed by atoms with van der Waals surface area (Å²) in [5, 5.41) is 2.48. The number of carbonyl (C=O) groups excluding carboxylic acids is 1. The van der Waals surface area contributed by atoms with Crippen LogP contribution in [0.25, 0.3) is 10.8 Å². The van der Waals surface area contributed by atoms with E-state index in [2.05, 4.69) is 9.97 Å². The number of hydrogen-bond donors (Lipinski definition) is 0. The number of likely N-dealkylation sites (N-methyl/N-ethyl adjacent to an activating group) is 1. The Morgan fingerprint density at radius 3 is 2.95 bits per heavy atom. The van der Waals surface area contributed by atoms with Crippen LogP contribution in [0.15, 0.2) is 52.6 Å². The fourth-order valence-electron chi connectivity index (χ4n) is 2.01. The van der Waals surface area contributed by atoms with E-state index in [-0.39, 0.29) is 5.91 Å². The highest BCUT2D eigenvalue weighted by molar-refractivity contribution is 7.13. The Hall–Kier alpha value is -2.47. The normalized spacial score (nSPS) is 10.6. The summed E-state index contributed by atoms with van der Waals surface area (Å²) in [5.41, 5.74) is 1.41. The Morgan fingerprint density at radius 1 is 1.32 bits per heavy atom. The first-order valence-electron chi connectivity index (χ1n) is 6.89. The van der Waals surface area contributed by atoms with E-state index < -0.39 is 0 Å². The van der Waals surface area contributed by atoms with Gasteiger partial charge < -0.3 is 9.32 Å². The number of hydrogen-bond acceptors (Lipinski definition) is 5. The van der Waals surface area contributed by atoms with E-state index in [1.54, 1.807) is 35.9 Å². The van der Waals surface area contributed by atoms with Gasteiger partial charge in [0.05, 0.1) is 6.26 Å². The molecular formula is C16H15N3O2S. The van der Waals surface area contributed by atoms with Gasteiger partial charge in [0.15, 0.2) is 10.8 Å². The van der Waals surface area contributed by atoms with E-state index in [1.807, 2.05) is 24.3 Å². The SMILES string of the molecule is CN(CCc1ccccn1)C(=O)c1csc(-c2ccco2)n1. The van der Waals surface area contributed by atoms with Gasteiger partial charge in [-0.1, -0.05) is 6.07 Å². The van der Waals surface area contributed by atoms with Crippen LogP contribution in [0.3, 0.4) is 0 Å². The lowest BCUT2D eigenvalue weighted by atomic mass is 10.2. The maximum Gasteiger partial charge on any atom is 0.273 e. The van der Waals surface area contributed by atoms with E-state index in [0.29, 0.717) is 23.0 Å². The zero-order valence-corrected chi connectivity index (χ0v) is 12.9. The highest BCUT2D eigenvalue weighted by atomic mass is 32.1. The lowest BCUT2D eigenvalue weighted by molar-refractivity contribution is 0.0791.